The van der Waals surface area contributed by atoms with E-state index in [1.54, 1.807) is 25.2 Å². The normalized spacial score (nSPS) is 27.4. The quantitative estimate of drug-likeness (QED) is 0.886. The lowest BCUT2D eigenvalue weighted by Gasteiger charge is -2.34. The largest absolute Gasteiger partial charge is 0.375 e. The molecule has 1 N–H and O–H groups in total. The summed E-state index contributed by atoms with van der Waals surface area (Å²) < 4.78 is 19.4. The van der Waals surface area contributed by atoms with Gasteiger partial charge in [0.05, 0.1) is 18.4 Å². The Morgan fingerprint density at radius 1 is 1.42 bits per heavy atom. The molecule has 0 bridgehead atoms. The van der Waals surface area contributed by atoms with Gasteiger partial charge >= 0.3 is 0 Å². The molecule has 2 fully saturated rings. The first-order valence-corrected chi connectivity index (χ1v) is 8.18. The second-order valence-electron chi connectivity index (χ2n) is 6.20. The van der Waals surface area contributed by atoms with Gasteiger partial charge in [0.2, 0.25) is 11.8 Å². The highest BCUT2D eigenvalue weighted by Crippen LogP contribution is 2.26. The van der Waals surface area contributed by atoms with Crippen LogP contribution in [-0.4, -0.2) is 61.6 Å². The summed E-state index contributed by atoms with van der Waals surface area (Å²) in [5.41, 5.74) is 0.262. The highest BCUT2D eigenvalue weighted by atomic mass is 19.1. The van der Waals surface area contributed by atoms with Crippen LogP contribution in [0.5, 0.6) is 0 Å². The second kappa shape index (κ2) is 6.86. The van der Waals surface area contributed by atoms with Crippen molar-refractivity contribution >= 4 is 17.5 Å². The van der Waals surface area contributed by atoms with Gasteiger partial charge in [-0.15, -0.1) is 0 Å². The average molecular weight is 335 g/mol. The Morgan fingerprint density at radius 3 is 2.88 bits per heavy atom. The summed E-state index contributed by atoms with van der Waals surface area (Å²) in [5, 5.41) is 3.14. The molecule has 1 unspecified atom stereocenters. The van der Waals surface area contributed by atoms with Gasteiger partial charge in [-0.05, 0) is 25.5 Å². The van der Waals surface area contributed by atoms with Gasteiger partial charge in [-0.1, -0.05) is 12.1 Å². The predicted octanol–water partition coefficient (Wildman–Crippen LogP) is 0.766. The molecule has 7 heteroatoms. The standard InChI is InChI=1S/C17H22FN3O3/c1-11-15(19-8-10-24-11)17(23)20(2)14-7-9-21(16(14)22)13-6-4-3-5-12(13)18/h3-6,11,14-15,19H,7-10H2,1-2H3/t11-,14?,15+/m1/s1. The van der Waals surface area contributed by atoms with E-state index in [0.717, 1.165) is 0 Å². The van der Waals surface area contributed by atoms with E-state index in [9.17, 15) is 14.0 Å². The van der Waals surface area contributed by atoms with Crippen molar-refractivity contribution in [2.45, 2.75) is 31.5 Å². The number of nitrogens with zero attached hydrogens (tertiary/aromatic N) is 2. The van der Waals surface area contributed by atoms with Crippen molar-refractivity contribution in [3.05, 3.63) is 30.1 Å². The van der Waals surface area contributed by atoms with E-state index in [1.165, 1.54) is 15.9 Å². The number of rotatable bonds is 3. The van der Waals surface area contributed by atoms with Crippen LogP contribution in [-0.2, 0) is 14.3 Å². The fraction of sp³-hybridized carbons (Fsp3) is 0.529. The first-order valence-electron chi connectivity index (χ1n) is 8.18. The molecule has 3 atom stereocenters. The summed E-state index contributed by atoms with van der Waals surface area (Å²) in [7, 11) is 1.62. The van der Waals surface area contributed by atoms with Crippen LogP contribution in [0.15, 0.2) is 24.3 Å². The summed E-state index contributed by atoms with van der Waals surface area (Å²) in [6.07, 6.45) is 0.241. The minimum Gasteiger partial charge on any atom is -0.375 e. The molecular weight excluding hydrogens is 313 g/mol. The number of nitrogens with one attached hydrogen (secondary N) is 1. The van der Waals surface area contributed by atoms with Crippen LogP contribution in [0.1, 0.15) is 13.3 Å². The van der Waals surface area contributed by atoms with E-state index in [2.05, 4.69) is 5.32 Å². The van der Waals surface area contributed by atoms with Crippen LogP contribution in [0.2, 0.25) is 0 Å². The van der Waals surface area contributed by atoms with Crippen LogP contribution in [0.4, 0.5) is 10.1 Å². The van der Waals surface area contributed by atoms with E-state index in [4.69, 9.17) is 4.74 Å². The van der Waals surface area contributed by atoms with Gasteiger partial charge < -0.3 is 19.9 Å². The van der Waals surface area contributed by atoms with Gasteiger partial charge in [0, 0.05) is 20.1 Å². The zero-order valence-corrected chi connectivity index (χ0v) is 13.9. The number of para-hydroxylation sites is 1. The topological polar surface area (TPSA) is 61.9 Å². The van der Waals surface area contributed by atoms with E-state index in [0.29, 0.717) is 26.1 Å². The molecule has 1 aromatic carbocycles. The Hall–Kier alpha value is -1.99. The molecule has 24 heavy (non-hydrogen) atoms. The molecule has 2 aliphatic rings. The zero-order chi connectivity index (χ0) is 17.3. The van der Waals surface area contributed by atoms with Gasteiger partial charge in [-0.25, -0.2) is 4.39 Å². The monoisotopic (exact) mass is 335 g/mol. The lowest BCUT2D eigenvalue weighted by Crippen LogP contribution is -2.58. The van der Waals surface area contributed by atoms with Crippen molar-refractivity contribution in [3.8, 4) is 0 Å². The molecule has 0 radical (unpaired) electrons. The summed E-state index contributed by atoms with van der Waals surface area (Å²) in [4.78, 5) is 28.3. The van der Waals surface area contributed by atoms with Crippen molar-refractivity contribution < 1.29 is 18.7 Å². The lowest BCUT2D eigenvalue weighted by molar-refractivity contribution is -0.143. The number of anilines is 1. The summed E-state index contributed by atoms with van der Waals surface area (Å²) in [6.45, 7) is 3.41. The van der Waals surface area contributed by atoms with E-state index < -0.39 is 17.9 Å². The fourth-order valence-corrected chi connectivity index (χ4v) is 3.32. The van der Waals surface area contributed by atoms with Crippen LogP contribution in [0.3, 0.4) is 0 Å². The average Bonchev–Trinajstić information content (AvgIpc) is 2.96. The van der Waals surface area contributed by atoms with Crippen molar-refractivity contribution in [2.75, 3.05) is 31.6 Å². The number of benzene rings is 1. The maximum Gasteiger partial charge on any atom is 0.249 e. The van der Waals surface area contributed by atoms with Gasteiger partial charge in [0.15, 0.2) is 0 Å². The smallest absolute Gasteiger partial charge is 0.249 e. The molecule has 0 aromatic heterocycles. The van der Waals surface area contributed by atoms with E-state index in [-0.39, 0.29) is 23.6 Å². The number of carbonyl (C=O) groups is 2. The summed E-state index contributed by atoms with van der Waals surface area (Å²) in [5.74, 6) is -0.854. The third-order valence-electron chi connectivity index (χ3n) is 4.72. The summed E-state index contributed by atoms with van der Waals surface area (Å²) in [6, 6.07) is 5.15. The Morgan fingerprint density at radius 2 is 2.17 bits per heavy atom. The molecule has 2 aliphatic heterocycles. The third-order valence-corrected chi connectivity index (χ3v) is 4.72. The van der Waals surface area contributed by atoms with Crippen molar-refractivity contribution in [2.24, 2.45) is 0 Å². The predicted molar refractivity (Wildman–Crippen MR) is 87.1 cm³/mol. The Kier molecular flexibility index (Phi) is 4.82. The maximum atomic E-state index is 13.9. The summed E-state index contributed by atoms with van der Waals surface area (Å²) >= 11 is 0. The van der Waals surface area contributed by atoms with Crippen LogP contribution >= 0.6 is 0 Å². The van der Waals surface area contributed by atoms with E-state index >= 15 is 0 Å². The molecule has 6 nitrogen and oxygen atoms in total. The molecule has 0 spiro atoms. The molecule has 0 saturated carbocycles. The molecule has 0 aliphatic carbocycles. The Labute approximate surface area is 140 Å². The minimum absolute atomic E-state index is 0.170. The molecular formula is C17H22FN3O3. The lowest BCUT2D eigenvalue weighted by atomic mass is 10.1. The van der Waals surface area contributed by atoms with Gasteiger partial charge in [0.1, 0.15) is 17.9 Å². The Balaban J connectivity index is 1.72. The Bertz CT molecular complexity index is 639. The number of carbonyl (C=O) groups excluding carboxylic acids is 2. The van der Waals surface area contributed by atoms with Crippen molar-refractivity contribution in [1.82, 2.24) is 10.2 Å². The number of halogens is 1. The highest BCUT2D eigenvalue weighted by molar-refractivity contribution is 6.01. The highest BCUT2D eigenvalue weighted by Gasteiger charge is 2.41. The number of hydrogen-bond acceptors (Lipinski definition) is 4. The molecule has 3 rings (SSSR count). The van der Waals surface area contributed by atoms with Crippen LogP contribution < -0.4 is 10.2 Å². The van der Waals surface area contributed by atoms with Gasteiger partial charge in [0.25, 0.3) is 0 Å². The first kappa shape index (κ1) is 16.9. The minimum atomic E-state index is -0.576. The van der Waals surface area contributed by atoms with E-state index in [1.807, 2.05) is 6.92 Å². The molecule has 2 amide bonds. The SMILES string of the molecule is C[C@H]1OCCN[C@@H]1C(=O)N(C)C1CCN(c2ccccc2F)C1=O. The first-order chi connectivity index (χ1) is 11.5. The van der Waals surface area contributed by atoms with Crippen molar-refractivity contribution in [1.29, 1.82) is 0 Å². The maximum absolute atomic E-state index is 13.9. The van der Waals surface area contributed by atoms with Crippen LogP contribution in [0, 0.1) is 5.82 Å². The zero-order valence-electron chi connectivity index (χ0n) is 13.9. The van der Waals surface area contributed by atoms with Gasteiger partial charge in [-0.2, -0.15) is 0 Å². The number of likely N-dealkylation sites (N-methyl/N-ethyl adjacent to an activating group) is 1. The fourth-order valence-electron chi connectivity index (χ4n) is 3.32. The molecule has 2 heterocycles. The second-order valence-corrected chi connectivity index (χ2v) is 6.20. The van der Waals surface area contributed by atoms with Crippen LogP contribution in [0.25, 0.3) is 0 Å². The number of morpholine rings is 1. The molecule has 2 saturated heterocycles. The molecule has 130 valence electrons. The van der Waals surface area contributed by atoms with Crippen molar-refractivity contribution in [3.63, 3.8) is 0 Å². The molecule has 1 aromatic rings. The number of amides is 2. The number of ether oxygens (including phenoxy) is 1. The third kappa shape index (κ3) is 3.01. The number of hydrogen-bond donors (Lipinski definition) is 1. The van der Waals surface area contributed by atoms with Gasteiger partial charge in [-0.3, -0.25) is 9.59 Å².